The Morgan fingerprint density at radius 2 is 1.81 bits per heavy atom. The first-order chi connectivity index (χ1) is 10.1. The van der Waals surface area contributed by atoms with Gasteiger partial charge in [0.05, 0.1) is 6.61 Å². The highest BCUT2D eigenvalue weighted by Crippen LogP contribution is 2.09. The van der Waals surface area contributed by atoms with Gasteiger partial charge in [0.2, 0.25) is 5.91 Å². The fraction of sp³-hybridized carbons (Fsp3) is 0.500. The third-order valence-corrected chi connectivity index (χ3v) is 3.17. The second-order valence-electron chi connectivity index (χ2n) is 4.89. The van der Waals surface area contributed by atoms with Gasteiger partial charge in [-0.15, -0.1) is 0 Å². The molecule has 1 N–H and O–H groups in total. The lowest BCUT2D eigenvalue weighted by atomic mass is 10.1. The lowest BCUT2D eigenvalue weighted by molar-refractivity contribution is -0.137. The average molecular weight is 293 g/mol. The summed E-state index contributed by atoms with van der Waals surface area (Å²) >= 11 is 0. The number of methoxy groups -OCH3 is 1. The first-order valence-electron chi connectivity index (χ1n) is 7.16. The number of amides is 1. The Morgan fingerprint density at radius 3 is 2.43 bits per heavy atom. The standard InChI is InChI=1S/C16H23NO4/c1-21-12-11-17(13-14-7-3-2-4-8-14)15(18)9-5-6-10-16(19)20/h2-4,7-8H,5-6,9-13H2,1H3,(H,19,20). The number of carboxylic acid groups (broad SMARTS) is 1. The molecule has 1 aromatic carbocycles. The summed E-state index contributed by atoms with van der Waals surface area (Å²) in [6.07, 6.45) is 1.63. The zero-order valence-electron chi connectivity index (χ0n) is 12.5. The van der Waals surface area contributed by atoms with Gasteiger partial charge in [0.25, 0.3) is 0 Å². The molecule has 21 heavy (non-hydrogen) atoms. The number of hydrogen-bond donors (Lipinski definition) is 1. The topological polar surface area (TPSA) is 66.8 Å². The smallest absolute Gasteiger partial charge is 0.303 e. The molecule has 0 bridgehead atoms. The summed E-state index contributed by atoms with van der Waals surface area (Å²) in [6.45, 7) is 1.60. The van der Waals surface area contributed by atoms with Crippen LogP contribution in [0.5, 0.6) is 0 Å². The van der Waals surface area contributed by atoms with Gasteiger partial charge in [0.1, 0.15) is 0 Å². The molecular formula is C16H23NO4. The SMILES string of the molecule is COCCN(Cc1ccccc1)C(=O)CCCCC(=O)O. The number of unbranched alkanes of at least 4 members (excludes halogenated alkanes) is 1. The van der Waals surface area contributed by atoms with Gasteiger partial charge >= 0.3 is 5.97 Å². The Balaban J connectivity index is 2.47. The molecule has 1 aromatic rings. The second kappa shape index (κ2) is 9.94. The first-order valence-corrected chi connectivity index (χ1v) is 7.16. The molecule has 0 saturated carbocycles. The Kier molecular flexibility index (Phi) is 8.12. The van der Waals surface area contributed by atoms with E-state index < -0.39 is 5.97 Å². The van der Waals surface area contributed by atoms with E-state index in [1.54, 1.807) is 12.0 Å². The van der Waals surface area contributed by atoms with Crippen molar-refractivity contribution in [2.75, 3.05) is 20.3 Å². The number of carboxylic acids is 1. The molecule has 0 unspecified atom stereocenters. The molecule has 0 aliphatic heterocycles. The average Bonchev–Trinajstić information content (AvgIpc) is 2.48. The molecule has 5 heteroatoms. The van der Waals surface area contributed by atoms with Crippen molar-refractivity contribution in [2.45, 2.75) is 32.2 Å². The van der Waals surface area contributed by atoms with Crippen LogP contribution in [0.2, 0.25) is 0 Å². The van der Waals surface area contributed by atoms with E-state index in [0.717, 1.165) is 5.56 Å². The molecule has 0 atom stereocenters. The van der Waals surface area contributed by atoms with Crippen LogP contribution in [-0.2, 0) is 20.9 Å². The minimum absolute atomic E-state index is 0.0429. The van der Waals surface area contributed by atoms with Gasteiger partial charge in [0.15, 0.2) is 0 Å². The van der Waals surface area contributed by atoms with Crippen LogP contribution in [0.1, 0.15) is 31.2 Å². The van der Waals surface area contributed by atoms with Gasteiger partial charge in [-0.05, 0) is 18.4 Å². The third kappa shape index (κ3) is 7.46. The minimum atomic E-state index is -0.817. The molecule has 0 aromatic heterocycles. The van der Waals surface area contributed by atoms with Gasteiger partial charge in [-0.3, -0.25) is 9.59 Å². The Bertz CT molecular complexity index is 433. The van der Waals surface area contributed by atoms with E-state index in [0.29, 0.717) is 39.0 Å². The number of nitrogens with zero attached hydrogens (tertiary/aromatic N) is 1. The molecule has 0 aliphatic rings. The summed E-state index contributed by atoms with van der Waals surface area (Å²) in [4.78, 5) is 24.4. The van der Waals surface area contributed by atoms with Crippen LogP contribution in [0, 0.1) is 0 Å². The summed E-state index contributed by atoms with van der Waals surface area (Å²) in [6, 6.07) is 9.80. The van der Waals surface area contributed by atoms with Crippen molar-refractivity contribution < 1.29 is 19.4 Å². The zero-order valence-corrected chi connectivity index (χ0v) is 12.5. The van der Waals surface area contributed by atoms with E-state index in [-0.39, 0.29) is 12.3 Å². The Morgan fingerprint density at radius 1 is 1.14 bits per heavy atom. The van der Waals surface area contributed by atoms with Gasteiger partial charge in [-0.25, -0.2) is 0 Å². The summed E-state index contributed by atoms with van der Waals surface area (Å²) in [5, 5.41) is 8.59. The molecule has 0 aliphatic carbocycles. The number of aliphatic carboxylic acids is 1. The summed E-state index contributed by atoms with van der Waals surface area (Å²) in [5.74, 6) is -0.774. The number of hydrogen-bond acceptors (Lipinski definition) is 3. The first kappa shape index (κ1) is 17.2. The number of carbonyl (C=O) groups is 2. The molecule has 1 rings (SSSR count). The summed E-state index contributed by atoms with van der Waals surface area (Å²) in [5.41, 5.74) is 1.08. The molecule has 5 nitrogen and oxygen atoms in total. The van der Waals surface area contributed by atoms with E-state index in [4.69, 9.17) is 9.84 Å². The van der Waals surface area contributed by atoms with Gasteiger partial charge in [0, 0.05) is 33.0 Å². The quantitative estimate of drug-likeness (QED) is 0.672. The lowest BCUT2D eigenvalue weighted by Gasteiger charge is -2.22. The highest BCUT2D eigenvalue weighted by Gasteiger charge is 2.13. The van der Waals surface area contributed by atoms with Gasteiger partial charge in [-0.1, -0.05) is 30.3 Å². The fourth-order valence-corrected chi connectivity index (χ4v) is 2.01. The minimum Gasteiger partial charge on any atom is -0.481 e. The van der Waals surface area contributed by atoms with E-state index in [1.807, 2.05) is 30.3 Å². The third-order valence-electron chi connectivity index (χ3n) is 3.17. The predicted molar refractivity (Wildman–Crippen MR) is 79.8 cm³/mol. The molecule has 0 radical (unpaired) electrons. The van der Waals surface area contributed by atoms with Crippen molar-refractivity contribution in [3.63, 3.8) is 0 Å². The van der Waals surface area contributed by atoms with E-state index >= 15 is 0 Å². The maximum atomic E-state index is 12.2. The van der Waals surface area contributed by atoms with Crippen LogP contribution in [-0.4, -0.2) is 42.1 Å². The van der Waals surface area contributed by atoms with Crippen LogP contribution in [0.4, 0.5) is 0 Å². The van der Waals surface area contributed by atoms with Crippen molar-refractivity contribution >= 4 is 11.9 Å². The Hall–Kier alpha value is -1.88. The normalized spacial score (nSPS) is 10.3. The van der Waals surface area contributed by atoms with Crippen LogP contribution < -0.4 is 0 Å². The summed E-state index contributed by atoms with van der Waals surface area (Å²) < 4.78 is 5.05. The number of ether oxygens (including phenoxy) is 1. The lowest BCUT2D eigenvalue weighted by Crippen LogP contribution is -2.33. The molecule has 0 spiro atoms. The van der Waals surface area contributed by atoms with Crippen LogP contribution in [0.15, 0.2) is 30.3 Å². The van der Waals surface area contributed by atoms with Crippen LogP contribution >= 0.6 is 0 Å². The number of rotatable bonds is 10. The molecule has 0 heterocycles. The number of carbonyl (C=O) groups excluding carboxylic acids is 1. The maximum absolute atomic E-state index is 12.2. The van der Waals surface area contributed by atoms with Gasteiger partial charge < -0.3 is 14.7 Å². The second-order valence-corrected chi connectivity index (χ2v) is 4.89. The van der Waals surface area contributed by atoms with Crippen molar-refractivity contribution in [1.82, 2.24) is 4.90 Å². The predicted octanol–water partition coefficient (Wildman–Crippen LogP) is 2.31. The molecule has 1 amide bonds. The van der Waals surface area contributed by atoms with Crippen molar-refractivity contribution in [3.05, 3.63) is 35.9 Å². The van der Waals surface area contributed by atoms with Crippen LogP contribution in [0.3, 0.4) is 0 Å². The van der Waals surface area contributed by atoms with E-state index in [9.17, 15) is 9.59 Å². The maximum Gasteiger partial charge on any atom is 0.303 e. The highest BCUT2D eigenvalue weighted by molar-refractivity contribution is 5.76. The van der Waals surface area contributed by atoms with Gasteiger partial charge in [-0.2, -0.15) is 0 Å². The fourth-order valence-electron chi connectivity index (χ4n) is 2.01. The summed E-state index contributed by atoms with van der Waals surface area (Å²) in [7, 11) is 1.61. The largest absolute Gasteiger partial charge is 0.481 e. The van der Waals surface area contributed by atoms with E-state index in [2.05, 4.69) is 0 Å². The van der Waals surface area contributed by atoms with Crippen molar-refractivity contribution in [1.29, 1.82) is 0 Å². The zero-order chi connectivity index (χ0) is 15.5. The molecule has 0 fully saturated rings. The molecular weight excluding hydrogens is 270 g/mol. The van der Waals surface area contributed by atoms with Crippen LogP contribution in [0.25, 0.3) is 0 Å². The molecule has 0 saturated heterocycles. The molecule has 116 valence electrons. The van der Waals surface area contributed by atoms with E-state index in [1.165, 1.54) is 0 Å². The monoisotopic (exact) mass is 293 g/mol. The number of benzene rings is 1. The highest BCUT2D eigenvalue weighted by atomic mass is 16.5. The Labute approximate surface area is 125 Å². The van der Waals surface area contributed by atoms with Crippen molar-refractivity contribution in [2.24, 2.45) is 0 Å². The van der Waals surface area contributed by atoms with Crippen molar-refractivity contribution in [3.8, 4) is 0 Å².